The van der Waals surface area contributed by atoms with Crippen molar-refractivity contribution in [2.24, 2.45) is 5.41 Å². The van der Waals surface area contributed by atoms with E-state index in [1.807, 2.05) is 20.8 Å². The van der Waals surface area contributed by atoms with Gasteiger partial charge in [-0.15, -0.1) is 0 Å². The fraction of sp³-hybridized carbons (Fsp3) is 0.864. The van der Waals surface area contributed by atoms with Crippen molar-refractivity contribution in [1.82, 2.24) is 4.90 Å². The van der Waals surface area contributed by atoms with Gasteiger partial charge in [-0.05, 0) is 46.0 Å². The average Bonchev–Trinajstić information content (AvgIpc) is 3.05. The summed E-state index contributed by atoms with van der Waals surface area (Å²) in [5.74, 6) is -0.401. The molecule has 1 rings (SSSR count). The van der Waals surface area contributed by atoms with Crippen molar-refractivity contribution in [3.63, 3.8) is 0 Å². The number of unbranched alkanes of at least 4 members (excludes halogenated alkanes) is 3. The summed E-state index contributed by atoms with van der Waals surface area (Å²) < 4.78 is 11.0. The second-order valence-corrected chi connectivity index (χ2v) is 8.79. The van der Waals surface area contributed by atoms with E-state index < -0.39 is 5.41 Å². The van der Waals surface area contributed by atoms with Gasteiger partial charge in [0, 0.05) is 25.9 Å². The monoisotopic (exact) mass is 413 g/mol. The first kappa shape index (κ1) is 24.9. The largest absolute Gasteiger partial charge is 0.465 e. The minimum atomic E-state index is -0.566. The summed E-state index contributed by atoms with van der Waals surface area (Å²) in [6.45, 7) is 10.9. The zero-order chi connectivity index (χ0) is 21.2. The van der Waals surface area contributed by atoms with Crippen molar-refractivity contribution in [3.8, 4) is 0 Å². The standard InChI is InChI=1S/C22H39NO4S/c1-6-8-9-10-14-26-21(25)22(5,7-2)16-19(15-17(3)27-18(4)24)23-13-11-12-20(23)28/h17,19H,6-16H2,1-5H3. The van der Waals surface area contributed by atoms with E-state index in [0.717, 1.165) is 37.2 Å². The molecule has 0 saturated carbocycles. The number of likely N-dealkylation sites (tertiary alicyclic amines) is 1. The number of esters is 2. The Hall–Kier alpha value is -1.17. The fourth-order valence-electron chi connectivity index (χ4n) is 3.85. The SMILES string of the molecule is CCCCCCOC(=O)C(C)(CC)CC(CC(C)OC(C)=O)N1CCCC1=S. The lowest BCUT2D eigenvalue weighted by molar-refractivity contribution is -0.157. The quantitative estimate of drug-likeness (QED) is 0.239. The normalized spacial score (nSPS) is 18.5. The molecule has 0 bridgehead atoms. The fourth-order valence-corrected chi connectivity index (χ4v) is 4.24. The Bertz CT molecular complexity index is 525. The number of hydrogen-bond acceptors (Lipinski definition) is 5. The van der Waals surface area contributed by atoms with Crippen LogP contribution in [0.15, 0.2) is 0 Å². The van der Waals surface area contributed by atoms with Crippen LogP contribution >= 0.6 is 12.2 Å². The van der Waals surface area contributed by atoms with E-state index in [1.54, 1.807) is 0 Å². The number of rotatable bonds is 13. The Morgan fingerprint density at radius 1 is 1.25 bits per heavy atom. The van der Waals surface area contributed by atoms with Crippen LogP contribution in [0.1, 0.15) is 92.4 Å². The van der Waals surface area contributed by atoms with Crippen LogP contribution in [0.5, 0.6) is 0 Å². The van der Waals surface area contributed by atoms with Crippen molar-refractivity contribution in [1.29, 1.82) is 0 Å². The lowest BCUT2D eigenvalue weighted by Crippen LogP contribution is -2.44. The molecule has 3 atom stereocenters. The Labute approximate surface area is 176 Å². The first-order chi connectivity index (χ1) is 13.2. The molecule has 1 saturated heterocycles. The molecular formula is C22H39NO4S. The summed E-state index contributed by atoms with van der Waals surface area (Å²) in [6, 6.07) is 0.0712. The van der Waals surface area contributed by atoms with Crippen LogP contribution in [0.25, 0.3) is 0 Å². The topological polar surface area (TPSA) is 55.8 Å². The number of hydrogen-bond donors (Lipinski definition) is 0. The molecule has 1 fully saturated rings. The summed E-state index contributed by atoms with van der Waals surface area (Å²) in [4.78, 5) is 27.4. The molecular weight excluding hydrogens is 374 g/mol. The van der Waals surface area contributed by atoms with Crippen LogP contribution in [0.4, 0.5) is 0 Å². The van der Waals surface area contributed by atoms with Gasteiger partial charge in [0.15, 0.2) is 0 Å². The Balaban J connectivity index is 2.78. The van der Waals surface area contributed by atoms with Gasteiger partial charge < -0.3 is 14.4 Å². The molecule has 0 N–H and O–H groups in total. The molecule has 6 heteroatoms. The molecule has 5 nitrogen and oxygen atoms in total. The number of carbonyl (C=O) groups excluding carboxylic acids is 2. The third-order valence-corrected chi connectivity index (χ3v) is 6.15. The van der Waals surface area contributed by atoms with Crippen LogP contribution in [0.2, 0.25) is 0 Å². The molecule has 1 aliphatic rings. The highest BCUT2D eigenvalue weighted by Gasteiger charge is 2.39. The molecule has 0 aliphatic carbocycles. The Morgan fingerprint density at radius 3 is 2.50 bits per heavy atom. The van der Waals surface area contributed by atoms with Crippen LogP contribution in [-0.2, 0) is 19.1 Å². The molecule has 28 heavy (non-hydrogen) atoms. The Kier molecular flexibility index (Phi) is 11.0. The highest BCUT2D eigenvalue weighted by Crippen LogP contribution is 2.34. The minimum Gasteiger partial charge on any atom is -0.465 e. The molecule has 0 radical (unpaired) electrons. The first-order valence-corrected chi connectivity index (χ1v) is 11.3. The van der Waals surface area contributed by atoms with Crippen molar-refractivity contribution in [3.05, 3.63) is 0 Å². The van der Waals surface area contributed by atoms with E-state index in [-0.39, 0.29) is 24.1 Å². The van der Waals surface area contributed by atoms with Crippen LogP contribution in [0.3, 0.4) is 0 Å². The zero-order valence-electron chi connectivity index (χ0n) is 18.4. The molecule has 1 heterocycles. The summed E-state index contributed by atoms with van der Waals surface area (Å²) in [5, 5.41) is 0. The first-order valence-electron chi connectivity index (χ1n) is 10.9. The third-order valence-electron chi connectivity index (χ3n) is 5.71. The zero-order valence-corrected chi connectivity index (χ0v) is 19.2. The second-order valence-electron chi connectivity index (χ2n) is 8.32. The van der Waals surface area contributed by atoms with Crippen LogP contribution in [0, 0.1) is 5.41 Å². The molecule has 162 valence electrons. The summed E-state index contributed by atoms with van der Waals surface area (Å²) in [6.07, 6.45) is 8.13. The van der Waals surface area contributed by atoms with Crippen LogP contribution in [-0.4, -0.2) is 47.1 Å². The van der Waals surface area contributed by atoms with Crippen molar-refractivity contribution in [2.75, 3.05) is 13.2 Å². The van der Waals surface area contributed by atoms with E-state index >= 15 is 0 Å². The number of carbonyl (C=O) groups is 2. The maximum atomic E-state index is 12.9. The lowest BCUT2D eigenvalue weighted by Gasteiger charge is -2.37. The Morgan fingerprint density at radius 2 is 1.96 bits per heavy atom. The minimum absolute atomic E-state index is 0.0712. The van der Waals surface area contributed by atoms with E-state index in [9.17, 15) is 9.59 Å². The molecule has 0 aromatic rings. The number of ether oxygens (including phenoxy) is 2. The second kappa shape index (κ2) is 12.4. The molecule has 0 aromatic heterocycles. The van der Waals surface area contributed by atoms with Crippen molar-refractivity contribution >= 4 is 29.1 Å². The van der Waals surface area contributed by atoms with Gasteiger partial charge in [-0.1, -0.05) is 45.3 Å². The summed E-state index contributed by atoms with van der Waals surface area (Å²) >= 11 is 5.56. The lowest BCUT2D eigenvalue weighted by atomic mass is 9.79. The van der Waals surface area contributed by atoms with Gasteiger partial charge in [0.2, 0.25) is 0 Å². The van der Waals surface area contributed by atoms with Gasteiger partial charge in [-0.2, -0.15) is 0 Å². The van der Waals surface area contributed by atoms with E-state index in [1.165, 1.54) is 19.8 Å². The van der Waals surface area contributed by atoms with Gasteiger partial charge in [0.05, 0.1) is 17.0 Å². The van der Waals surface area contributed by atoms with Gasteiger partial charge in [-0.25, -0.2) is 0 Å². The van der Waals surface area contributed by atoms with E-state index in [4.69, 9.17) is 21.7 Å². The van der Waals surface area contributed by atoms with Gasteiger partial charge in [0.1, 0.15) is 6.10 Å². The van der Waals surface area contributed by atoms with Gasteiger partial charge in [0.25, 0.3) is 0 Å². The molecule has 0 amide bonds. The maximum absolute atomic E-state index is 12.9. The van der Waals surface area contributed by atoms with Gasteiger partial charge in [-0.3, -0.25) is 9.59 Å². The summed E-state index contributed by atoms with van der Waals surface area (Å²) in [7, 11) is 0. The highest BCUT2D eigenvalue weighted by atomic mass is 32.1. The highest BCUT2D eigenvalue weighted by molar-refractivity contribution is 7.80. The molecule has 0 aromatic carbocycles. The van der Waals surface area contributed by atoms with Crippen molar-refractivity contribution < 1.29 is 19.1 Å². The molecule has 3 unspecified atom stereocenters. The van der Waals surface area contributed by atoms with E-state index in [2.05, 4.69) is 11.8 Å². The van der Waals surface area contributed by atoms with E-state index in [0.29, 0.717) is 25.9 Å². The third kappa shape index (κ3) is 8.06. The van der Waals surface area contributed by atoms with Gasteiger partial charge >= 0.3 is 11.9 Å². The van der Waals surface area contributed by atoms with Crippen LogP contribution < -0.4 is 0 Å². The molecule has 0 spiro atoms. The smallest absolute Gasteiger partial charge is 0.311 e. The molecule has 1 aliphatic heterocycles. The maximum Gasteiger partial charge on any atom is 0.311 e. The number of nitrogens with zero attached hydrogens (tertiary/aromatic N) is 1. The predicted molar refractivity (Wildman–Crippen MR) is 116 cm³/mol. The summed E-state index contributed by atoms with van der Waals surface area (Å²) in [5.41, 5.74) is -0.566. The van der Waals surface area contributed by atoms with Crippen molar-refractivity contribution in [2.45, 2.75) is 105 Å². The average molecular weight is 414 g/mol. The predicted octanol–water partition coefficient (Wildman–Crippen LogP) is 5.05. The number of thiocarbonyl (C=S) groups is 1.